The summed E-state index contributed by atoms with van der Waals surface area (Å²) in [5.74, 6) is -0.0960. The minimum Gasteiger partial charge on any atom is -0.408 e. The van der Waals surface area contributed by atoms with Gasteiger partial charge < -0.3 is 24.5 Å². The van der Waals surface area contributed by atoms with Crippen LogP contribution in [0.15, 0.2) is 24.3 Å². The summed E-state index contributed by atoms with van der Waals surface area (Å²) in [5, 5.41) is 12.7. The highest BCUT2D eigenvalue weighted by molar-refractivity contribution is 5.74. The Balaban J connectivity index is 1.74. The van der Waals surface area contributed by atoms with Crippen LogP contribution in [0.4, 0.5) is 31.1 Å². The zero-order valence-electron chi connectivity index (χ0n) is 20.1. The first kappa shape index (κ1) is 27.3. The lowest BCUT2D eigenvalue weighted by Crippen LogP contribution is -2.46. The highest BCUT2D eigenvalue weighted by Gasteiger charge is 2.38. The number of aromatic nitrogens is 1. The van der Waals surface area contributed by atoms with E-state index in [1.807, 2.05) is 0 Å². The minimum absolute atomic E-state index is 0.0705. The molecule has 1 aliphatic heterocycles. The summed E-state index contributed by atoms with van der Waals surface area (Å²) < 4.78 is 94.4. The SMILES string of the molecule is Cc1c(OC(=O)N[C@@H]2CCCC[C@H]2O)cc(-c2cc(C(F)(F)F)ccc2C(F)(F)F)n1C[C@H]1CCCO1. The molecule has 1 amide bonds. The Morgan fingerprint density at radius 1 is 1.08 bits per heavy atom. The lowest BCUT2D eigenvalue weighted by Gasteiger charge is -2.27. The Morgan fingerprint density at radius 3 is 2.43 bits per heavy atom. The Morgan fingerprint density at radius 2 is 1.81 bits per heavy atom. The fourth-order valence-electron chi connectivity index (χ4n) is 4.91. The molecule has 0 bridgehead atoms. The molecule has 2 N–H and O–H groups in total. The van der Waals surface area contributed by atoms with Crippen molar-refractivity contribution in [1.82, 2.24) is 9.88 Å². The number of hydrogen-bond acceptors (Lipinski definition) is 4. The van der Waals surface area contributed by atoms with Crippen molar-refractivity contribution in [2.45, 2.75) is 82.6 Å². The van der Waals surface area contributed by atoms with E-state index in [2.05, 4.69) is 5.32 Å². The quantitative estimate of drug-likeness (QED) is 0.457. The molecule has 6 nitrogen and oxygen atoms in total. The molecule has 4 rings (SSSR count). The van der Waals surface area contributed by atoms with Gasteiger partial charge in [-0.25, -0.2) is 4.79 Å². The molecule has 37 heavy (non-hydrogen) atoms. The van der Waals surface area contributed by atoms with Crippen LogP contribution in [-0.4, -0.2) is 40.6 Å². The highest BCUT2D eigenvalue weighted by atomic mass is 19.4. The van der Waals surface area contributed by atoms with Crippen LogP contribution < -0.4 is 10.1 Å². The normalized spacial score (nSPS) is 22.8. The minimum atomic E-state index is -4.93. The molecule has 0 unspecified atom stereocenters. The molecule has 204 valence electrons. The largest absolute Gasteiger partial charge is 0.417 e. The van der Waals surface area contributed by atoms with Crippen molar-refractivity contribution in [3.63, 3.8) is 0 Å². The van der Waals surface area contributed by atoms with E-state index in [1.54, 1.807) is 0 Å². The smallest absolute Gasteiger partial charge is 0.408 e. The third-order valence-corrected chi connectivity index (χ3v) is 6.89. The molecule has 1 aromatic heterocycles. The van der Waals surface area contributed by atoms with Crippen LogP contribution in [0.25, 0.3) is 11.3 Å². The second kappa shape index (κ2) is 10.6. The summed E-state index contributed by atoms with van der Waals surface area (Å²) in [6.07, 6.45) is -7.75. The maximum Gasteiger partial charge on any atom is 0.417 e. The summed E-state index contributed by atoms with van der Waals surface area (Å²) >= 11 is 0. The van der Waals surface area contributed by atoms with E-state index in [9.17, 15) is 36.2 Å². The van der Waals surface area contributed by atoms with Gasteiger partial charge in [0.2, 0.25) is 0 Å². The number of alkyl halides is 6. The number of nitrogens with zero attached hydrogens (tertiary/aromatic N) is 1. The van der Waals surface area contributed by atoms with Gasteiger partial charge in [0.05, 0.1) is 40.8 Å². The van der Waals surface area contributed by atoms with Crippen molar-refractivity contribution in [2.24, 2.45) is 0 Å². The fraction of sp³-hybridized carbons (Fsp3) is 0.560. The Kier molecular flexibility index (Phi) is 7.80. The van der Waals surface area contributed by atoms with Gasteiger partial charge >= 0.3 is 18.4 Å². The standard InChI is InChI=1S/C25H28F6N2O4/c1-14-22(37-23(35)32-19-6-2-3-7-21(19)34)12-20(33(14)13-16-5-4-10-36-16)17-11-15(24(26,27)28)8-9-18(17)25(29,30)31/h8-9,11-12,16,19,21,34H,2-7,10,13H2,1H3,(H,32,35)/t16-,19-,21-/m1/s1. The van der Waals surface area contributed by atoms with Crippen LogP contribution in [0.5, 0.6) is 5.75 Å². The fourth-order valence-corrected chi connectivity index (χ4v) is 4.91. The van der Waals surface area contributed by atoms with Crippen LogP contribution in [-0.2, 0) is 23.6 Å². The summed E-state index contributed by atoms with van der Waals surface area (Å²) in [4.78, 5) is 12.6. The summed E-state index contributed by atoms with van der Waals surface area (Å²) in [6, 6.07) is 1.88. The zero-order chi connectivity index (χ0) is 27.0. The van der Waals surface area contributed by atoms with Crippen molar-refractivity contribution in [3.05, 3.63) is 41.1 Å². The number of rotatable bonds is 5. The van der Waals surface area contributed by atoms with Crippen LogP contribution in [0.3, 0.4) is 0 Å². The predicted molar refractivity (Wildman–Crippen MR) is 121 cm³/mol. The molecule has 0 spiro atoms. The van der Waals surface area contributed by atoms with Crippen LogP contribution in [0, 0.1) is 6.92 Å². The Labute approximate surface area is 209 Å². The van der Waals surface area contributed by atoms with E-state index in [0.717, 1.165) is 25.3 Å². The number of aliphatic hydroxyl groups excluding tert-OH is 1. The van der Waals surface area contributed by atoms with E-state index in [4.69, 9.17) is 9.47 Å². The Hall–Kier alpha value is -2.73. The van der Waals surface area contributed by atoms with Gasteiger partial charge in [-0.3, -0.25) is 0 Å². The first-order chi connectivity index (χ1) is 17.3. The third-order valence-electron chi connectivity index (χ3n) is 6.89. The van der Waals surface area contributed by atoms with E-state index >= 15 is 0 Å². The molecule has 1 saturated heterocycles. The number of carbonyl (C=O) groups is 1. The average Bonchev–Trinajstić information content (AvgIpc) is 3.43. The number of carbonyl (C=O) groups excluding carboxylic acids is 1. The summed E-state index contributed by atoms with van der Waals surface area (Å²) in [5.41, 5.74) is -3.07. The van der Waals surface area contributed by atoms with Gasteiger partial charge in [0.1, 0.15) is 0 Å². The van der Waals surface area contributed by atoms with Gasteiger partial charge in [-0.2, -0.15) is 26.3 Å². The number of benzene rings is 1. The average molecular weight is 534 g/mol. The second-order valence-electron chi connectivity index (χ2n) is 9.47. The molecule has 0 radical (unpaired) electrons. The summed E-state index contributed by atoms with van der Waals surface area (Å²) in [6.45, 7) is 2.05. The molecule has 1 aliphatic carbocycles. The van der Waals surface area contributed by atoms with Gasteiger partial charge in [-0.05, 0) is 50.8 Å². The Bertz CT molecular complexity index is 1120. The molecule has 3 atom stereocenters. The molecular formula is C25H28F6N2O4. The van der Waals surface area contributed by atoms with Gasteiger partial charge in [0.15, 0.2) is 5.75 Å². The van der Waals surface area contributed by atoms with Gasteiger partial charge in [0.25, 0.3) is 0 Å². The van der Waals surface area contributed by atoms with E-state index in [0.29, 0.717) is 44.1 Å². The molecule has 2 aromatic rings. The molecule has 2 heterocycles. The molecular weight excluding hydrogens is 506 g/mol. The predicted octanol–water partition coefficient (Wildman–Crippen LogP) is 6.07. The number of ether oxygens (including phenoxy) is 2. The highest BCUT2D eigenvalue weighted by Crippen LogP contribution is 2.43. The molecule has 1 saturated carbocycles. The van der Waals surface area contributed by atoms with Crippen LogP contribution >= 0.6 is 0 Å². The number of nitrogens with one attached hydrogen (secondary N) is 1. The monoisotopic (exact) mass is 534 g/mol. The van der Waals surface area contributed by atoms with Crippen molar-refractivity contribution in [3.8, 4) is 17.0 Å². The van der Waals surface area contributed by atoms with Crippen molar-refractivity contribution < 1.29 is 45.7 Å². The molecule has 2 aliphatic rings. The number of halogens is 6. The molecule has 1 aromatic carbocycles. The maximum absolute atomic E-state index is 13.9. The van der Waals surface area contributed by atoms with Gasteiger partial charge in [-0.1, -0.05) is 12.8 Å². The lowest BCUT2D eigenvalue weighted by atomic mass is 9.93. The number of aliphatic hydroxyl groups is 1. The van der Waals surface area contributed by atoms with Gasteiger partial charge in [0, 0.05) is 24.8 Å². The zero-order valence-corrected chi connectivity index (χ0v) is 20.1. The van der Waals surface area contributed by atoms with Gasteiger partial charge in [-0.15, -0.1) is 0 Å². The second-order valence-corrected chi connectivity index (χ2v) is 9.47. The molecule has 12 heteroatoms. The first-order valence-corrected chi connectivity index (χ1v) is 12.1. The van der Waals surface area contributed by atoms with Crippen molar-refractivity contribution >= 4 is 6.09 Å². The van der Waals surface area contributed by atoms with Crippen LogP contribution in [0.1, 0.15) is 55.3 Å². The van der Waals surface area contributed by atoms with E-state index in [1.165, 1.54) is 11.5 Å². The molecule has 2 fully saturated rings. The maximum atomic E-state index is 13.9. The summed E-state index contributed by atoms with van der Waals surface area (Å²) in [7, 11) is 0. The number of amides is 1. The third kappa shape index (κ3) is 6.23. The van der Waals surface area contributed by atoms with E-state index < -0.39 is 47.3 Å². The van der Waals surface area contributed by atoms with Crippen molar-refractivity contribution in [2.75, 3.05) is 6.61 Å². The van der Waals surface area contributed by atoms with Crippen molar-refractivity contribution in [1.29, 1.82) is 0 Å². The topological polar surface area (TPSA) is 72.7 Å². The lowest BCUT2D eigenvalue weighted by molar-refractivity contribution is -0.141. The van der Waals surface area contributed by atoms with Crippen LogP contribution in [0.2, 0.25) is 0 Å². The number of hydrogen-bond donors (Lipinski definition) is 2. The first-order valence-electron chi connectivity index (χ1n) is 12.1. The van der Waals surface area contributed by atoms with E-state index in [-0.39, 0.29) is 29.8 Å².